The largest absolute Gasteiger partial charge is 0.497 e. The predicted molar refractivity (Wildman–Crippen MR) is 90.4 cm³/mol. The van der Waals surface area contributed by atoms with E-state index in [2.05, 4.69) is 37.2 Å². The number of likely N-dealkylation sites (N-methyl/N-ethyl adjacent to an activating group) is 1. The Bertz CT molecular complexity index is 625. The number of ether oxygens (including phenoxy) is 1. The highest BCUT2D eigenvalue weighted by molar-refractivity contribution is 5.57. The van der Waals surface area contributed by atoms with Gasteiger partial charge in [-0.3, -0.25) is 0 Å². The fourth-order valence-electron chi connectivity index (χ4n) is 2.57. The zero-order chi connectivity index (χ0) is 16.1. The van der Waals surface area contributed by atoms with Crippen LogP contribution in [0.3, 0.4) is 0 Å². The molecule has 1 aliphatic rings. The summed E-state index contributed by atoms with van der Waals surface area (Å²) in [6.45, 7) is 7.22. The molecule has 0 amide bonds. The lowest BCUT2D eigenvalue weighted by atomic mass is 10.3. The van der Waals surface area contributed by atoms with Crippen molar-refractivity contribution in [2.24, 2.45) is 0 Å². The van der Waals surface area contributed by atoms with Gasteiger partial charge in [-0.1, -0.05) is 6.92 Å². The van der Waals surface area contributed by atoms with Crippen molar-refractivity contribution in [1.29, 1.82) is 0 Å². The molecule has 23 heavy (non-hydrogen) atoms. The van der Waals surface area contributed by atoms with E-state index in [-0.39, 0.29) is 0 Å². The highest BCUT2D eigenvalue weighted by Gasteiger charge is 2.18. The van der Waals surface area contributed by atoms with Gasteiger partial charge in [-0.05, 0) is 30.8 Å². The monoisotopic (exact) mass is 314 g/mol. The molecule has 7 heteroatoms. The number of rotatable bonds is 5. The maximum atomic E-state index is 5.16. The second-order valence-corrected chi connectivity index (χ2v) is 5.42. The van der Waals surface area contributed by atoms with Gasteiger partial charge in [-0.2, -0.15) is 10.1 Å². The van der Waals surface area contributed by atoms with Crippen LogP contribution in [0.2, 0.25) is 0 Å². The molecule has 0 aliphatic carbocycles. The van der Waals surface area contributed by atoms with Crippen LogP contribution in [-0.4, -0.2) is 59.9 Å². The Hall–Kier alpha value is -2.41. The first kappa shape index (κ1) is 15.5. The van der Waals surface area contributed by atoms with Crippen LogP contribution in [0.25, 0.3) is 0 Å². The Morgan fingerprint density at radius 1 is 1.13 bits per heavy atom. The van der Waals surface area contributed by atoms with Gasteiger partial charge in [0, 0.05) is 31.9 Å². The van der Waals surface area contributed by atoms with Crippen LogP contribution in [0, 0.1) is 0 Å². The van der Waals surface area contributed by atoms with E-state index in [0.29, 0.717) is 11.8 Å². The Kier molecular flexibility index (Phi) is 4.87. The lowest BCUT2D eigenvalue weighted by Crippen LogP contribution is -2.46. The highest BCUT2D eigenvalue weighted by Crippen LogP contribution is 2.19. The van der Waals surface area contributed by atoms with Crippen molar-refractivity contribution >= 4 is 17.5 Å². The second kappa shape index (κ2) is 7.23. The molecule has 0 radical (unpaired) electrons. The summed E-state index contributed by atoms with van der Waals surface area (Å²) >= 11 is 0. The van der Waals surface area contributed by atoms with Gasteiger partial charge in [0.2, 0.25) is 5.95 Å². The summed E-state index contributed by atoms with van der Waals surface area (Å²) in [5.74, 6) is 2.20. The van der Waals surface area contributed by atoms with Gasteiger partial charge in [0.15, 0.2) is 5.82 Å². The molecule has 0 saturated carbocycles. The topological polar surface area (TPSA) is 66.4 Å². The van der Waals surface area contributed by atoms with Crippen LogP contribution >= 0.6 is 0 Å². The predicted octanol–water partition coefficient (Wildman–Crippen LogP) is 1.77. The molecule has 1 saturated heterocycles. The maximum absolute atomic E-state index is 5.16. The molecule has 0 spiro atoms. The number of aromatic nitrogens is 3. The molecule has 122 valence electrons. The van der Waals surface area contributed by atoms with Gasteiger partial charge < -0.3 is 19.9 Å². The molecule has 1 aliphatic heterocycles. The van der Waals surface area contributed by atoms with E-state index in [0.717, 1.165) is 44.2 Å². The number of anilines is 3. The summed E-state index contributed by atoms with van der Waals surface area (Å²) in [6.07, 6.45) is 1.63. The van der Waals surface area contributed by atoms with E-state index in [1.54, 1.807) is 13.3 Å². The molecule has 2 aromatic rings. The summed E-state index contributed by atoms with van der Waals surface area (Å²) in [4.78, 5) is 9.18. The molecular weight excluding hydrogens is 292 g/mol. The Morgan fingerprint density at radius 3 is 2.52 bits per heavy atom. The quantitative estimate of drug-likeness (QED) is 0.902. The van der Waals surface area contributed by atoms with Gasteiger partial charge in [-0.15, -0.1) is 5.10 Å². The fraction of sp³-hybridized carbons (Fsp3) is 0.438. The van der Waals surface area contributed by atoms with E-state index < -0.39 is 0 Å². The van der Waals surface area contributed by atoms with Crippen molar-refractivity contribution in [1.82, 2.24) is 20.1 Å². The molecule has 0 unspecified atom stereocenters. The first-order valence-corrected chi connectivity index (χ1v) is 7.86. The molecule has 1 fully saturated rings. The third-order valence-electron chi connectivity index (χ3n) is 4.01. The average molecular weight is 314 g/mol. The van der Waals surface area contributed by atoms with E-state index in [9.17, 15) is 0 Å². The van der Waals surface area contributed by atoms with E-state index in [1.807, 2.05) is 24.3 Å². The number of methoxy groups -OCH3 is 1. The van der Waals surface area contributed by atoms with Crippen LogP contribution in [0.15, 0.2) is 30.5 Å². The van der Waals surface area contributed by atoms with Gasteiger partial charge in [0.05, 0.1) is 13.3 Å². The Labute approximate surface area is 136 Å². The summed E-state index contributed by atoms with van der Waals surface area (Å²) in [7, 11) is 1.65. The van der Waals surface area contributed by atoms with Gasteiger partial charge in [0.1, 0.15) is 5.75 Å². The third kappa shape index (κ3) is 3.87. The molecule has 7 nitrogen and oxygen atoms in total. The fourth-order valence-corrected chi connectivity index (χ4v) is 2.57. The summed E-state index contributed by atoms with van der Waals surface area (Å²) in [5, 5.41) is 11.5. The van der Waals surface area contributed by atoms with Crippen LogP contribution in [-0.2, 0) is 0 Å². The van der Waals surface area contributed by atoms with Crippen LogP contribution < -0.4 is 15.0 Å². The number of piperazine rings is 1. The Morgan fingerprint density at radius 2 is 1.87 bits per heavy atom. The van der Waals surface area contributed by atoms with Crippen LogP contribution in [0.1, 0.15) is 6.92 Å². The van der Waals surface area contributed by atoms with E-state index in [4.69, 9.17) is 4.74 Å². The number of hydrogen-bond acceptors (Lipinski definition) is 7. The smallest absolute Gasteiger partial charge is 0.247 e. The molecule has 1 N–H and O–H groups in total. The van der Waals surface area contributed by atoms with E-state index in [1.165, 1.54) is 0 Å². The molecular formula is C16H22N6O. The number of benzene rings is 1. The van der Waals surface area contributed by atoms with Crippen molar-refractivity contribution in [3.05, 3.63) is 30.5 Å². The number of nitrogens with one attached hydrogen (secondary N) is 1. The van der Waals surface area contributed by atoms with Crippen LogP contribution in [0.5, 0.6) is 5.75 Å². The van der Waals surface area contributed by atoms with Crippen molar-refractivity contribution in [2.75, 3.05) is 50.1 Å². The lowest BCUT2D eigenvalue weighted by molar-refractivity contribution is 0.269. The normalized spacial score (nSPS) is 15.5. The molecule has 0 bridgehead atoms. The zero-order valence-electron chi connectivity index (χ0n) is 13.6. The minimum atomic E-state index is 0.680. The van der Waals surface area contributed by atoms with Crippen molar-refractivity contribution in [2.45, 2.75) is 6.92 Å². The minimum Gasteiger partial charge on any atom is -0.497 e. The maximum Gasteiger partial charge on any atom is 0.247 e. The van der Waals surface area contributed by atoms with Gasteiger partial charge >= 0.3 is 0 Å². The van der Waals surface area contributed by atoms with Crippen LogP contribution in [0.4, 0.5) is 17.5 Å². The first-order chi connectivity index (χ1) is 11.3. The second-order valence-electron chi connectivity index (χ2n) is 5.42. The summed E-state index contributed by atoms with van der Waals surface area (Å²) in [6, 6.07) is 7.70. The number of nitrogens with zero attached hydrogens (tertiary/aromatic N) is 5. The first-order valence-electron chi connectivity index (χ1n) is 7.86. The number of hydrogen-bond donors (Lipinski definition) is 1. The standard InChI is InChI=1S/C16H22N6O/c1-3-21-8-10-22(11-9-21)16-19-15(12-17-20-16)18-13-4-6-14(23-2)7-5-13/h4-7,12H,3,8-11H2,1-2H3,(H,18,19,20). The van der Waals surface area contributed by atoms with Crippen molar-refractivity contribution < 1.29 is 4.74 Å². The SMILES string of the molecule is CCN1CCN(c2nncc(Nc3ccc(OC)cc3)n2)CC1. The summed E-state index contributed by atoms with van der Waals surface area (Å²) < 4.78 is 5.16. The molecule has 2 heterocycles. The minimum absolute atomic E-state index is 0.680. The average Bonchev–Trinajstić information content (AvgIpc) is 2.63. The van der Waals surface area contributed by atoms with Gasteiger partial charge in [-0.25, -0.2) is 0 Å². The lowest BCUT2D eigenvalue weighted by Gasteiger charge is -2.33. The molecule has 0 atom stereocenters. The molecule has 1 aromatic carbocycles. The van der Waals surface area contributed by atoms with E-state index >= 15 is 0 Å². The molecule has 1 aromatic heterocycles. The third-order valence-corrected chi connectivity index (χ3v) is 4.01. The molecule has 3 rings (SSSR count). The Balaban J connectivity index is 1.67. The zero-order valence-corrected chi connectivity index (χ0v) is 13.6. The van der Waals surface area contributed by atoms with Crippen molar-refractivity contribution in [3.63, 3.8) is 0 Å². The highest BCUT2D eigenvalue weighted by atomic mass is 16.5. The van der Waals surface area contributed by atoms with Gasteiger partial charge in [0.25, 0.3) is 0 Å². The summed E-state index contributed by atoms with van der Waals surface area (Å²) in [5.41, 5.74) is 0.938. The van der Waals surface area contributed by atoms with Crippen molar-refractivity contribution in [3.8, 4) is 5.75 Å².